The highest BCUT2D eigenvalue weighted by Crippen LogP contribution is 2.26. The molecule has 2 aromatic rings. The first-order chi connectivity index (χ1) is 11.0. The average molecular weight is 337 g/mol. The molecule has 0 bridgehead atoms. The Bertz CT molecular complexity index is 726. The van der Waals surface area contributed by atoms with Gasteiger partial charge in [-0.3, -0.25) is 0 Å². The molecule has 120 valence electrons. The van der Waals surface area contributed by atoms with Crippen molar-refractivity contribution in [1.29, 1.82) is 0 Å². The van der Waals surface area contributed by atoms with Crippen LogP contribution < -0.4 is 10.2 Å². The minimum absolute atomic E-state index is 0.0930. The normalized spacial score (nSPS) is 17.3. The predicted molar refractivity (Wildman–Crippen MR) is 84.6 cm³/mol. The molecule has 1 saturated heterocycles. The lowest BCUT2D eigenvalue weighted by Crippen LogP contribution is -2.26. The Morgan fingerprint density at radius 1 is 1.39 bits per heavy atom. The van der Waals surface area contributed by atoms with E-state index in [2.05, 4.69) is 20.2 Å². The van der Waals surface area contributed by atoms with Crippen molar-refractivity contribution in [2.24, 2.45) is 0 Å². The molecule has 0 amide bonds. The van der Waals surface area contributed by atoms with Gasteiger partial charge in [-0.15, -0.1) is 0 Å². The van der Waals surface area contributed by atoms with Crippen molar-refractivity contribution >= 4 is 29.1 Å². The number of carbonyl (C=O) groups is 1. The maximum Gasteiger partial charge on any atom is 0.356 e. The second-order valence-corrected chi connectivity index (χ2v) is 5.67. The second-order valence-electron chi connectivity index (χ2n) is 5.27. The van der Waals surface area contributed by atoms with E-state index in [1.807, 2.05) is 0 Å². The lowest BCUT2D eigenvalue weighted by molar-refractivity contribution is 0.0690. The second kappa shape index (κ2) is 6.37. The molecule has 2 N–H and O–H groups in total. The van der Waals surface area contributed by atoms with Crippen LogP contribution in [0.3, 0.4) is 0 Å². The van der Waals surface area contributed by atoms with E-state index >= 15 is 0 Å². The van der Waals surface area contributed by atoms with Gasteiger partial charge in [0.1, 0.15) is 11.6 Å². The van der Waals surface area contributed by atoms with E-state index in [0.717, 1.165) is 18.7 Å². The number of carboxylic acids is 1. The van der Waals surface area contributed by atoms with Crippen molar-refractivity contribution in [3.8, 4) is 0 Å². The Kier molecular flexibility index (Phi) is 4.29. The van der Waals surface area contributed by atoms with Crippen LogP contribution in [0, 0.1) is 5.82 Å². The van der Waals surface area contributed by atoms with Gasteiger partial charge in [0, 0.05) is 24.8 Å². The molecule has 0 radical (unpaired) electrons. The van der Waals surface area contributed by atoms with E-state index in [1.165, 1.54) is 18.5 Å². The van der Waals surface area contributed by atoms with Gasteiger partial charge in [-0.2, -0.15) is 0 Å². The first kappa shape index (κ1) is 15.5. The summed E-state index contributed by atoms with van der Waals surface area (Å²) in [6, 6.07) is 4.81. The predicted octanol–water partition coefficient (Wildman–Crippen LogP) is 2.66. The number of hydrogen-bond acceptors (Lipinski definition) is 5. The van der Waals surface area contributed by atoms with E-state index in [9.17, 15) is 9.18 Å². The molecule has 2 heterocycles. The van der Waals surface area contributed by atoms with Crippen LogP contribution in [-0.2, 0) is 0 Å². The summed E-state index contributed by atoms with van der Waals surface area (Å²) in [4.78, 5) is 20.7. The molecule has 1 aliphatic rings. The Labute approximate surface area is 136 Å². The van der Waals surface area contributed by atoms with E-state index in [-0.39, 0.29) is 16.8 Å². The van der Waals surface area contributed by atoms with Crippen molar-refractivity contribution in [3.63, 3.8) is 0 Å². The van der Waals surface area contributed by atoms with Crippen molar-refractivity contribution < 1.29 is 14.3 Å². The van der Waals surface area contributed by atoms with Gasteiger partial charge in [0.15, 0.2) is 5.69 Å². The fourth-order valence-electron chi connectivity index (χ4n) is 2.52. The molecule has 1 fully saturated rings. The van der Waals surface area contributed by atoms with E-state index in [4.69, 9.17) is 16.7 Å². The highest BCUT2D eigenvalue weighted by molar-refractivity contribution is 6.31. The summed E-state index contributed by atoms with van der Waals surface area (Å²) in [5.41, 5.74) is 0.776. The lowest BCUT2D eigenvalue weighted by Gasteiger charge is -2.19. The molecule has 0 saturated carbocycles. The van der Waals surface area contributed by atoms with E-state index < -0.39 is 11.8 Å². The third-order valence-electron chi connectivity index (χ3n) is 3.68. The maximum atomic E-state index is 13.2. The van der Waals surface area contributed by atoms with Gasteiger partial charge in [-0.1, -0.05) is 11.6 Å². The summed E-state index contributed by atoms with van der Waals surface area (Å²) < 4.78 is 13.2. The van der Waals surface area contributed by atoms with Crippen molar-refractivity contribution in [3.05, 3.63) is 47.1 Å². The molecule has 1 aromatic heterocycles. The summed E-state index contributed by atoms with van der Waals surface area (Å²) in [5.74, 6) is -1.01. The van der Waals surface area contributed by atoms with Gasteiger partial charge in [0.2, 0.25) is 0 Å². The number of carboxylic acid groups (broad SMARTS) is 1. The monoisotopic (exact) mass is 336 g/mol. The standard InChI is InChI=1S/C15H14ClFN4O2/c16-11-5-10(1-2-12(11)17)21-4-3-9(8-21)20-14-7-18-13(6-19-14)15(22)23/h1-2,5-7,9H,3-4,8H2,(H,19,20)(H,22,23). The van der Waals surface area contributed by atoms with Crippen molar-refractivity contribution in [1.82, 2.24) is 9.97 Å². The van der Waals surface area contributed by atoms with Crippen molar-refractivity contribution in [2.45, 2.75) is 12.5 Å². The summed E-state index contributed by atoms with van der Waals surface area (Å²) in [5, 5.41) is 12.1. The molecular weight excluding hydrogens is 323 g/mol. The first-order valence-corrected chi connectivity index (χ1v) is 7.42. The van der Waals surface area contributed by atoms with Crippen LogP contribution in [0.15, 0.2) is 30.6 Å². The molecule has 6 nitrogen and oxygen atoms in total. The van der Waals surface area contributed by atoms with Crippen LogP contribution in [0.5, 0.6) is 0 Å². The zero-order chi connectivity index (χ0) is 16.4. The molecule has 1 aromatic carbocycles. The Hall–Kier alpha value is -2.41. The first-order valence-electron chi connectivity index (χ1n) is 7.05. The molecule has 1 aliphatic heterocycles. The molecule has 8 heteroatoms. The largest absolute Gasteiger partial charge is 0.476 e. The topological polar surface area (TPSA) is 78.3 Å². The van der Waals surface area contributed by atoms with Crippen LogP contribution in [0.1, 0.15) is 16.9 Å². The molecule has 3 rings (SSSR count). The molecular formula is C15H14ClFN4O2. The number of anilines is 2. The summed E-state index contributed by atoms with van der Waals surface area (Å²) in [7, 11) is 0. The van der Waals surface area contributed by atoms with Crippen molar-refractivity contribution in [2.75, 3.05) is 23.3 Å². The van der Waals surface area contributed by atoms with Crippen LogP contribution in [0.2, 0.25) is 5.02 Å². The average Bonchev–Trinajstić information content (AvgIpc) is 2.99. The van der Waals surface area contributed by atoms with Gasteiger partial charge in [-0.05, 0) is 24.6 Å². The molecule has 23 heavy (non-hydrogen) atoms. The minimum Gasteiger partial charge on any atom is -0.476 e. The van der Waals surface area contributed by atoms with Crippen LogP contribution >= 0.6 is 11.6 Å². The fraction of sp³-hybridized carbons (Fsp3) is 0.267. The summed E-state index contributed by atoms with van der Waals surface area (Å²) in [6.45, 7) is 1.52. The fourth-order valence-corrected chi connectivity index (χ4v) is 2.69. The number of benzene rings is 1. The quantitative estimate of drug-likeness (QED) is 0.893. The Balaban J connectivity index is 1.63. The number of hydrogen-bond donors (Lipinski definition) is 2. The van der Waals surface area contributed by atoms with Crippen LogP contribution in [0.25, 0.3) is 0 Å². The van der Waals surface area contributed by atoms with Crippen LogP contribution in [0.4, 0.5) is 15.9 Å². The number of halogens is 2. The molecule has 0 spiro atoms. The SMILES string of the molecule is O=C(O)c1cnc(NC2CCN(c3ccc(F)c(Cl)c3)C2)cn1. The molecule has 0 aliphatic carbocycles. The highest BCUT2D eigenvalue weighted by atomic mass is 35.5. The number of aromatic carboxylic acids is 1. The van der Waals surface area contributed by atoms with Gasteiger partial charge in [0.25, 0.3) is 0 Å². The third-order valence-corrected chi connectivity index (χ3v) is 3.97. The number of nitrogens with one attached hydrogen (secondary N) is 1. The van der Waals surface area contributed by atoms with Gasteiger partial charge in [0.05, 0.1) is 17.4 Å². The van der Waals surface area contributed by atoms with E-state index in [1.54, 1.807) is 12.1 Å². The number of rotatable bonds is 4. The van der Waals surface area contributed by atoms with Gasteiger partial charge >= 0.3 is 5.97 Å². The minimum atomic E-state index is -1.11. The number of nitrogens with zero attached hydrogens (tertiary/aromatic N) is 3. The molecule has 1 unspecified atom stereocenters. The van der Waals surface area contributed by atoms with Gasteiger partial charge in [-0.25, -0.2) is 19.2 Å². The summed E-state index contributed by atoms with van der Waals surface area (Å²) in [6.07, 6.45) is 3.50. The zero-order valence-corrected chi connectivity index (χ0v) is 12.8. The lowest BCUT2D eigenvalue weighted by atomic mass is 10.2. The Morgan fingerprint density at radius 3 is 2.87 bits per heavy atom. The maximum absolute atomic E-state index is 13.2. The summed E-state index contributed by atoms with van der Waals surface area (Å²) >= 11 is 5.82. The Morgan fingerprint density at radius 2 is 2.22 bits per heavy atom. The number of aromatic nitrogens is 2. The van der Waals surface area contributed by atoms with Crippen LogP contribution in [-0.4, -0.2) is 40.2 Å². The highest BCUT2D eigenvalue weighted by Gasteiger charge is 2.23. The van der Waals surface area contributed by atoms with Gasteiger partial charge < -0.3 is 15.3 Å². The third kappa shape index (κ3) is 3.50. The van der Waals surface area contributed by atoms with E-state index in [0.29, 0.717) is 12.4 Å². The zero-order valence-electron chi connectivity index (χ0n) is 12.0. The molecule has 1 atom stereocenters. The smallest absolute Gasteiger partial charge is 0.356 e.